The number of fused-ring (bicyclic) bond motifs is 2. The van der Waals surface area contributed by atoms with Crippen molar-refractivity contribution in [3.8, 4) is 28.6 Å². The zero-order valence-electron chi connectivity index (χ0n) is 23.0. The van der Waals surface area contributed by atoms with Gasteiger partial charge in [-0.25, -0.2) is 0 Å². The summed E-state index contributed by atoms with van der Waals surface area (Å²) in [6.07, 6.45) is 3.85. The largest absolute Gasteiger partial charge is 0.507 e. The van der Waals surface area contributed by atoms with Crippen LogP contribution in [0.3, 0.4) is 0 Å². The maximum atomic E-state index is 14.0. The molecule has 6 rings (SSSR count). The molecule has 1 unspecified atom stereocenters. The minimum Gasteiger partial charge on any atom is -0.507 e. The van der Waals surface area contributed by atoms with Gasteiger partial charge < -0.3 is 28.7 Å². The fraction of sp³-hybridized carbons (Fsp3) is 0.242. The van der Waals surface area contributed by atoms with E-state index in [9.17, 15) is 24.6 Å². The van der Waals surface area contributed by atoms with Crippen molar-refractivity contribution >= 4 is 27.8 Å². The summed E-state index contributed by atoms with van der Waals surface area (Å²) in [5.74, 6) is -1.53. The maximum Gasteiger partial charge on any atom is 0.223 e. The Kier molecular flexibility index (Phi) is 7.16. The predicted molar refractivity (Wildman–Crippen MR) is 157 cm³/mol. The van der Waals surface area contributed by atoms with Gasteiger partial charge in [0.05, 0.1) is 18.8 Å². The zero-order chi connectivity index (χ0) is 29.4. The molecule has 1 saturated heterocycles. The number of methoxy groups -OCH3 is 1. The Hall–Kier alpha value is -5.05. The number of hydrogen-bond acceptors (Lipinski definition) is 8. The molecule has 2 aromatic heterocycles. The Bertz CT molecular complexity index is 1920. The monoisotopic (exact) mass is 567 g/mol. The Balaban J connectivity index is 1.62. The van der Waals surface area contributed by atoms with Gasteiger partial charge in [-0.1, -0.05) is 30.3 Å². The molecule has 0 aliphatic carbocycles. The SMILES string of the molecule is COc1ccc2occ(C(CC(=O)N3CCCCC3)c3c(O)cc(O)c4c(=O)cc(-c5ccccc5)oc34)c(=O)c2c1. The first-order chi connectivity index (χ1) is 20.4. The fourth-order valence-electron chi connectivity index (χ4n) is 5.71. The average Bonchev–Trinajstić information content (AvgIpc) is 3.01. The van der Waals surface area contributed by atoms with Crippen molar-refractivity contribution in [2.75, 3.05) is 20.2 Å². The number of carbonyl (C=O) groups is 1. The van der Waals surface area contributed by atoms with Gasteiger partial charge in [-0.2, -0.15) is 0 Å². The van der Waals surface area contributed by atoms with Crippen molar-refractivity contribution in [1.82, 2.24) is 4.90 Å². The van der Waals surface area contributed by atoms with Crippen LogP contribution in [-0.2, 0) is 4.79 Å². The molecule has 1 aliphatic rings. The highest BCUT2D eigenvalue weighted by Crippen LogP contribution is 2.43. The lowest BCUT2D eigenvalue weighted by Gasteiger charge is -2.29. The van der Waals surface area contributed by atoms with Crippen molar-refractivity contribution in [2.45, 2.75) is 31.6 Å². The van der Waals surface area contributed by atoms with E-state index in [1.165, 1.54) is 19.4 Å². The van der Waals surface area contributed by atoms with Crippen molar-refractivity contribution in [3.05, 3.63) is 98.5 Å². The van der Waals surface area contributed by atoms with E-state index in [2.05, 4.69) is 0 Å². The van der Waals surface area contributed by atoms with E-state index in [0.717, 1.165) is 25.3 Å². The van der Waals surface area contributed by atoms with Crippen LogP contribution in [0.15, 0.2) is 85.4 Å². The number of aromatic hydroxyl groups is 2. The summed E-state index contributed by atoms with van der Waals surface area (Å²) >= 11 is 0. The Morgan fingerprint density at radius 2 is 1.74 bits per heavy atom. The van der Waals surface area contributed by atoms with Gasteiger partial charge in [-0.05, 0) is 37.5 Å². The molecule has 1 amide bonds. The highest BCUT2D eigenvalue weighted by Gasteiger charge is 2.32. The number of phenolic OH excluding ortho intramolecular Hbond substituents is 2. The summed E-state index contributed by atoms with van der Waals surface area (Å²) in [5, 5.41) is 22.1. The van der Waals surface area contributed by atoms with Gasteiger partial charge in [0.15, 0.2) is 10.9 Å². The number of hydrogen-bond donors (Lipinski definition) is 2. The molecule has 0 bridgehead atoms. The molecule has 3 aromatic carbocycles. The predicted octanol–water partition coefficient (Wildman–Crippen LogP) is 5.52. The van der Waals surface area contributed by atoms with Crippen LogP contribution in [0.25, 0.3) is 33.3 Å². The lowest BCUT2D eigenvalue weighted by molar-refractivity contribution is -0.132. The lowest BCUT2D eigenvalue weighted by atomic mass is 9.86. The molecular formula is C33H29NO8. The number of ether oxygens (including phenoxy) is 1. The number of piperidine rings is 1. The molecule has 0 spiro atoms. The summed E-state index contributed by atoms with van der Waals surface area (Å²) in [6.45, 7) is 1.18. The van der Waals surface area contributed by atoms with Crippen LogP contribution in [-0.4, -0.2) is 41.2 Å². The van der Waals surface area contributed by atoms with E-state index in [-0.39, 0.29) is 45.6 Å². The van der Waals surface area contributed by atoms with E-state index in [1.807, 2.05) is 6.07 Å². The van der Waals surface area contributed by atoms with E-state index in [0.29, 0.717) is 30.0 Å². The van der Waals surface area contributed by atoms with Crippen LogP contribution < -0.4 is 15.6 Å². The summed E-state index contributed by atoms with van der Waals surface area (Å²) in [6, 6.07) is 16.1. The molecular weight excluding hydrogens is 538 g/mol. The van der Waals surface area contributed by atoms with Crippen LogP contribution in [0.5, 0.6) is 17.2 Å². The number of rotatable bonds is 6. The average molecular weight is 568 g/mol. The highest BCUT2D eigenvalue weighted by atomic mass is 16.5. The van der Waals surface area contributed by atoms with E-state index in [1.54, 1.807) is 47.4 Å². The summed E-state index contributed by atoms with van der Waals surface area (Å²) in [7, 11) is 1.49. The molecule has 0 radical (unpaired) electrons. The quantitative estimate of drug-likeness (QED) is 0.274. The molecule has 9 heteroatoms. The standard InChI is InChI=1S/C33H29NO8/c1-40-20-10-11-27-22(14-20)32(39)23(18-41-27)21(15-29(38)34-12-6-3-7-13-34)30-24(35)16-25(36)31-26(37)17-28(42-33(30)31)19-8-4-2-5-9-19/h2,4-5,8-11,14,16-18,21,35-36H,3,6-7,12-13,15H2,1H3. The molecule has 214 valence electrons. The summed E-state index contributed by atoms with van der Waals surface area (Å²) in [5.41, 5.74) is -0.0138. The molecule has 42 heavy (non-hydrogen) atoms. The van der Waals surface area contributed by atoms with Gasteiger partial charge in [-0.3, -0.25) is 14.4 Å². The highest BCUT2D eigenvalue weighted by molar-refractivity contribution is 5.91. The molecule has 3 heterocycles. The Morgan fingerprint density at radius 1 is 0.976 bits per heavy atom. The summed E-state index contributed by atoms with van der Waals surface area (Å²) in [4.78, 5) is 42.7. The lowest BCUT2D eigenvalue weighted by Crippen LogP contribution is -2.36. The van der Waals surface area contributed by atoms with Crippen LogP contribution in [0.4, 0.5) is 0 Å². The molecule has 1 atom stereocenters. The fourth-order valence-corrected chi connectivity index (χ4v) is 5.71. The maximum absolute atomic E-state index is 14.0. The first kappa shape index (κ1) is 27.1. The number of likely N-dealkylation sites (tertiary alicyclic amines) is 1. The number of phenols is 2. The summed E-state index contributed by atoms with van der Waals surface area (Å²) < 4.78 is 17.4. The second kappa shape index (κ2) is 11.1. The molecule has 2 N–H and O–H groups in total. The molecule has 0 saturated carbocycles. The van der Waals surface area contributed by atoms with E-state index in [4.69, 9.17) is 13.6 Å². The van der Waals surface area contributed by atoms with E-state index < -0.39 is 28.3 Å². The number of benzene rings is 3. The van der Waals surface area contributed by atoms with Crippen LogP contribution in [0, 0.1) is 0 Å². The second-order valence-electron chi connectivity index (χ2n) is 10.5. The van der Waals surface area contributed by atoms with Gasteiger partial charge in [0.25, 0.3) is 0 Å². The number of carbonyl (C=O) groups excluding carboxylic acids is 1. The minimum atomic E-state index is -1.07. The third-order valence-electron chi connectivity index (χ3n) is 7.87. The van der Waals surface area contributed by atoms with Crippen LogP contribution >= 0.6 is 0 Å². The van der Waals surface area contributed by atoms with Crippen LogP contribution in [0.2, 0.25) is 0 Å². The zero-order valence-corrected chi connectivity index (χ0v) is 23.0. The van der Waals surface area contributed by atoms with Crippen LogP contribution in [0.1, 0.15) is 42.7 Å². The first-order valence-corrected chi connectivity index (χ1v) is 13.8. The topological polar surface area (TPSA) is 130 Å². The van der Waals surface area contributed by atoms with Gasteiger partial charge in [0.1, 0.15) is 39.6 Å². The van der Waals surface area contributed by atoms with Crippen molar-refractivity contribution in [3.63, 3.8) is 0 Å². The Labute approximate surface area is 240 Å². The Morgan fingerprint density at radius 3 is 2.48 bits per heavy atom. The third kappa shape index (κ3) is 4.87. The third-order valence-corrected chi connectivity index (χ3v) is 7.87. The number of nitrogens with zero attached hydrogens (tertiary/aromatic N) is 1. The molecule has 1 fully saturated rings. The van der Waals surface area contributed by atoms with Gasteiger partial charge in [0, 0.05) is 54.3 Å². The first-order valence-electron chi connectivity index (χ1n) is 13.8. The van der Waals surface area contributed by atoms with Gasteiger partial charge in [-0.15, -0.1) is 0 Å². The number of amides is 1. The second-order valence-corrected chi connectivity index (χ2v) is 10.5. The van der Waals surface area contributed by atoms with Crippen molar-refractivity contribution in [1.29, 1.82) is 0 Å². The normalized spacial score (nSPS) is 14.3. The van der Waals surface area contributed by atoms with Gasteiger partial charge >= 0.3 is 0 Å². The molecule has 5 aromatic rings. The minimum absolute atomic E-state index is 0.0394. The van der Waals surface area contributed by atoms with Gasteiger partial charge in [0.2, 0.25) is 5.91 Å². The smallest absolute Gasteiger partial charge is 0.223 e. The van der Waals surface area contributed by atoms with Crippen molar-refractivity contribution < 1.29 is 28.6 Å². The van der Waals surface area contributed by atoms with Crippen molar-refractivity contribution in [2.24, 2.45) is 0 Å². The molecule has 9 nitrogen and oxygen atoms in total. The molecule has 1 aliphatic heterocycles. The van der Waals surface area contributed by atoms with E-state index >= 15 is 0 Å².